The number of amides is 1. The Hall–Kier alpha value is -2.83. The number of hydrogen-bond acceptors (Lipinski definition) is 4. The van der Waals surface area contributed by atoms with Crippen LogP contribution < -0.4 is 5.32 Å². The van der Waals surface area contributed by atoms with E-state index in [-0.39, 0.29) is 24.1 Å². The van der Waals surface area contributed by atoms with Crippen LogP contribution >= 0.6 is 23.7 Å². The van der Waals surface area contributed by atoms with E-state index in [0.29, 0.717) is 5.69 Å². The van der Waals surface area contributed by atoms with Gasteiger partial charge in [0.25, 0.3) is 5.91 Å². The number of anilines is 1. The highest BCUT2D eigenvalue weighted by atomic mass is 35.5. The number of nitrogens with zero attached hydrogens (tertiary/aromatic N) is 2. The predicted octanol–water partition coefficient (Wildman–Crippen LogP) is 5.70. The fourth-order valence-electron chi connectivity index (χ4n) is 2.94. The molecule has 3 aromatic heterocycles. The standard InChI is InChI=1S/C21H19N3O2S.ClH/c1-13-11-17(14(2)24(13)3)18-12-27-21(23-18)15-6-8-16(9-7-15)22-20(25)19-5-4-10-26-19;/h4-12H,1-3H3,(H,22,25);1H. The van der Waals surface area contributed by atoms with Gasteiger partial charge in [0.1, 0.15) is 5.01 Å². The topological polar surface area (TPSA) is 60.1 Å². The number of carbonyl (C=O) groups is 1. The van der Waals surface area contributed by atoms with Crippen molar-refractivity contribution in [1.82, 2.24) is 9.55 Å². The Balaban J connectivity index is 0.00000225. The number of nitrogens with one attached hydrogen (secondary N) is 1. The second kappa shape index (κ2) is 8.04. The smallest absolute Gasteiger partial charge is 0.291 e. The van der Waals surface area contributed by atoms with E-state index in [4.69, 9.17) is 9.40 Å². The summed E-state index contributed by atoms with van der Waals surface area (Å²) in [6.45, 7) is 4.21. The summed E-state index contributed by atoms with van der Waals surface area (Å²) in [6.07, 6.45) is 1.48. The molecule has 0 aliphatic rings. The number of furan rings is 1. The molecular formula is C21H20ClN3O2S. The SMILES string of the molecule is Cc1cc(-c2csc(-c3ccc(NC(=O)c4ccco4)cc3)n2)c(C)n1C.Cl. The lowest BCUT2D eigenvalue weighted by atomic mass is 10.2. The van der Waals surface area contributed by atoms with Gasteiger partial charge in [-0.15, -0.1) is 23.7 Å². The first kappa shape index (κ1) is 19.9. The van der Waals surface area contributed by atoms with E-state index in [2.05, 4.69) is 42.2 Å². The van der Waals surface area contributed by atoms with E-state index < -0.39 is 0 Å². The second-order valence-corrected chi connectivity index (χ2v) is 7.25. The van der Waals surface area contributed by atoms with Crippen LogP contribution in [-0.4, -0.2) is 15.5 Å². The quantitative estimate of drug-likeness (QED) is 0.466. The van der Waals surface area contributed by atoms with Crippen LogP contribution in [0.4, 0.5) is 5.69 Å². The minimum atomic E-state index is -0.265. The highest BCUT2D eigenvalue weighted by Crippen LogP contribution is 2.32. The Morgan fingerprint density at radius 2 is 1.93 bits per heavy atom. The molecule has 0 spiro atoms. The molecule has 0 bridgehead atoms. The third-order valence-corrected chi connectivity index (χ3v) is 5.58. The molecule has 3 heterocycles. The molecule has 144 valence electrons. The van der Waals surface area contributed by atoms with Crippen molar-refractivity contribution < 1.29 is 9.21 Å². The highest BCUT2D eigenvalue weighted by Gasteiger charge is 2.13. The average Bonchev–Trinajstić information content (AvgIpc) is 3.41. The fraction of sp³-hybridized carbons (Fsp3) is 0.143. The zero-order valence-corrected chi connectivity index (χ0v) is 17.4. The summed E-state index contributed by atoms with van der Waals surface area (Å²) in [6, 6.07) is 13.2. The maximum atomic E-state index is 12.0. The number of aryl methyl sites for hydroxylation is 1. The molecule has 7 heteroatoms. The molecule has 0 atom stereocenters. The Morgan fingerprint density at radius 1 is 1.18 bits per heavy atom. The van der Waals surface area contributed by atoms with Crippen LogP contribution in [0.15, 0.2) is 58.5 Å². The summed E-state index contributed by atoms with van der Waals surface area (Å²) in [5.74, 6) is 0.0244. The highest BCUT2D eigenvalue weighted by molar-refractivity contribution is 7.13. The van der Waals surface area contributed by atoms with Gasteiger partial charge in [0, 0.05) is 40.6 Å². The maximum Gasteiger partial charge on any atom is 0.291 e. The molecule has 0 aliphatic carbocycles. The predicted molar refractivity (Wildman–Crippen MR) is 115 cm³/mol. The number of aromatic nitrogens is 2. The van der Waals surface area contributed by atoms with Gasteiger partial charge in [0.05, 0.1) is 12.0 Å². The van der Waals surface area contributed by atoms with Crippen LogP contribution in [0, 0.1) is 13.8 Å². The Labute approximate surface area is 173 Å². The molecule has 1 amide bonds. The van der Waals surface area contributed by atoms with Gasteiger partial charge in [0.15, 0.2) is 5.76 Å². The Morgan fingerprint density at radius 3 is 2.54 bits per heavy atom. The van der Waals surface area contributed by atoms with Gasteiger partial charge >= 0.3 is 0 Å². The van der Waals surface area contributed by atoms with Crippen molar-refractivity contribution in [2.24, 2.45) is 7.05 Å². The number of benzene rings is 1. The van der Waals surface area contributed by atoms with Gasteiger partial charge in [-0.2, -0.15) is 0 Å². The van der Waals surface area contributed by atoms with Gasteiger partial charge < -0.3 is 14.3 Å². The van der Waals surface area contributed by atoms with Crippen molar-refractivity contribution in [3.8, 4) is 21.8 Å². The fourth-order valence-corrected chi connectivity index (χ4v) is 3.77. The van der Waals surface area contributed by atoms with Crippen molar-refractivity contribution in [3.05, 3.63) is 71.3 Å². The average molecular weight is 414 g/mol. The summed E-state index contributed by atoms with van der Waals surface area (Å²) < 4.78 is 7.27. The van der Waals surface area contributed by atoms with Crippen molar-refractivity contribution in [1.29, 1.82) is 0 Å². The molecule has 0 aliphatic heterocycles. The van der Waals surface area contributed by atoms with Crippen LogP contribution in [0.3, 0.4) is 0 Å². The molecule has 0 saturated heterocycles. The lowest BCUT2D eigenvalue weighted by Crippen LogP contribution is -2.10. The number of hydrogen-bond donors (Lipinski definition) is 1. The molecule has 0 unspecified atom stereocenters. The van der Waals surface area contributed by atoms with E-state index in [1.54, 1.807) is 23.5 Å². The van der Waals surface area contributed by atoms with Crippen LogP contribution in [0.2, 0.25) is 0 Å². The molecule has 0 fully saturated rings. The van der Waals surface area contributed by atoms with Crippen LogP contribution in [0.25, 0.3) is 21.8 Å². The molecule has 1 N–H and O–H groups in total. The number of halogens is 1. The zero-order valence-electron chi connectivity index (χ0n) is 15.7. The molecule has 0 radical (unpaired) electrons. The summed E-state index contributed by atoms with van der Waals surface area (Å²) >= 11 is 1.62. The number of carbonyl (C=O) groups excluding carboxylic acids is 1. The first-order valence-electron chi connectivity index (χ1n) is 8.57. The molecule has 4 aromatic rings. The van der Waals surface area contributed by atoms with Gasteiger partial charge in [0.2, 0.25) is 0 Å². The van der Waals surface area contributed by atoms with Crippen LogP contribution in [0.5, 0.6) is 0 Å². The van der Waals surface area contributed by atoms with Crippen molar-refractivity contribution in [2.75, 3.05) is 5.32 Å². The molecule has 28 heavy (non-hydrogen) atoms. The van der Waals surface area contributed by atoms with E-state index in [1.165, 1.54) is 23.2 Å². The van der Waals surface area contributed by atoms with E-state index in [0.717, 1.165) is 16.3 Å². The number of rotatable bonds is 4. The minimum Gasteiger partial charge on any atom is -0.459 e. The van der Waals surface area contributed by atoms with Crippen molar-refractivity contribution >= 4 is 35.3 Å². The van der Waals surface area contributed by atoms with Crippen LogP contribution in [0.1, 0.15) is 21.9 Å². The number of thiazole rings is 1. The second-order valence-electron chi connectivity index (χ2n) is 6.39. The first-order valence-corrected chi connectivity index (χ1v) is 9.45. The monoisotopic (exact) mass is 413 g/mol. The molecule has 1 aromatic carbocycles. The van der Waals surface area contributed by atoms with Crippen LogP contribution in [-0.2, 0) is 7.05 Å². The Bertz CT molecular complexity index is 1100. The normalized spacial score (nSPS) is 10.5. The Kier molecular flexibility index (Phi) is 5.72. The summed E-state index contributed by atoms with van der Waals surface area (Å²) in [5.41, 5.74) is 6.32. The lowest BCUT2D eigenvalue weighted by molar-refractivity contribution is 0.0996. The molecule has 5 nitrogen and oxygen atoms in total. The van der Waals surface area contributed by atoms with E-state index >= 15 is 0 Å². The minimum absolute atomic E-state index is 0. The van der Waals surface area contributed by atoms with Gasteiger partial charge in [-0.05, 0) is 56.3 Å². The molecule has 4 rings (SSSR count). The van der Waals surface area contributed by atoms with E-state index in [9.17, 15) is 4.79 Å². The lowest BCUT2D eigenvalue weighted by Gasteiger charge is -2.04. The van der Waals surface area contributed by atoms with Gasteiger partial charge in [-0.25, -0.2) is 4.98 Å². The summed E-state index contributed by atoms with van der Waals surface area (Å²) in [7, 11) is 2.07. The maximum absolute atomic E-state index is 12.0. The van der Waals surface area contributed by atoms with E-state index in [1.807, 2.05) is 24.3 Å². The van der Waals surface area contributed by atoms with Gasteiger partial charge in [-0.3, -0.25) is 4.79 Å². The zero-order chi connectivity index (χ0) is 19.0. The largest absolute Gasteiger partial charge is 0.459 e. The summed E-state index contributed by atoms with van der Waals surface area (Å²) in [5, 5.41) is 5.86. The molecule has 0 saturated carbocycles. The van der Waals surface area contributed by atoms with Crippen molar-refractivity contribution in [2.45, 2.75) is 13.8 Å². The van der Waals surface area contributed by atoms with Crippen molar-refractivity contribution in [3.63, 3.8) is 0 Å². The third-order valence-electron chi connectivity index (χ3n) is 4.69. The first-order chi connectivity index (χ1) is 13.0. The summed E-state index contributed by atoms with van der Waals surface area (Å²) in [4.78, 5) is 16.8. The third kappa shape index (κ3) is 3.74. The molecular weight excluding hydrogens is 394 g/mol. The van der Waals surface area contributed by atoms with Gasteiger partial charge in [-0.1, -0.05) is 0 Å².